The molecule has 2 aliphatic rings. The summed E-state index contributed by atoms with van der Waals surface area (Å²) in [5, 5.41) is 0. The van der Waals surface area contributed by atoms with E-state index in [-0.39, 0.29) is 0 Å². The Balaban J connectivity index is 1.91. The summed E-state index contributed by atoms with van der Waals surface area (Å²) in [6.07, 6.45) is 7.87. The topological polar surface area (TPSA) is 29.3 Å². The molecule has 1 fully saturated rings. The molecule has 1 saturated heterocycles. The molecule has 2 unspecified atom stereocenters. The van der Waals surface area contributed by atoms with E-state index in [0.29, 0.717) is 12.1 Å². The van der Waals surface area contributed by atoms with E-state index in [0.717, 1.165) is 6.54 Å². The molecule has 0 spiro atoms. The highest BCUT2D eigenvalue weighted by Gasteiger charge is 2.32. The summed E-state index contributed by atoms with van der Waals surface area (Å²) < 4.78 is 0. The van der Waals surface area contributed by atoms with Gasteiger partial charge in [0.25, 0.3) is 0 Å². The highest BCUT2D eigenvalue weighted by atomic mass is 15.2. The highest BCUT2D eigenvalue weighted by molar-refractivity contribution is 5.31. The second-order valence-corrected chi connectivity index (χ2v) is 5.73. The number of rotatable bonds is 2. The van der Waals surface area contributed by atoms with E-state index in [1.807, 2.05) is 0 Å². The van der Waals surface area contributed by atoms with Crippen molar-refractivity contribution in [2.75, 3.05) is 13.1 Å². The van der Waals surface area contributed by atoms with Gasteiger partial charge in [0.2, 0.25) is 0 Å². The molecule has 18 heavy (non-hydrogen) atoms. The molecular formula is C16H24N2. The zero-order chi connectivity index (χ0) is 12.4. The molecule has 0 saturated carbocycles. The van der Waals surface area contributed by atoms with Gasteiger partial charge in [-0.25, -0.2) is 0 Å². The Hall–Kier alpha value is -0.860. The Morgan fingerprint density at radius 3 is 2.89 bits per heavy atom. The minimum atomic E-state index is 0.612. The van der Waals surface area contributed by atoms with Gasteiger partial charge in [0.05, 0.1) is 0 Å². The molecule has 1 aliphatic carbocycles. The standard InChI is InChI=1S/C16H24N2/c17-12-14-8-5-11-18(14)16-10-4-2-7-13-6-1-3-9-15(13)16/h1,3,6,9,14,16H,2,4-5,7-8,10-12,17H2. The van der Waals surface area contributed by atoms with Gasteiger partial charge in [-0.1, -0.05) is 30.7 Å². The van der Waals surface area contributed by atoms with Crippen LogP contribution in [0, 0.1) is 0 Å². The average Bonchev–Trinajstić information content (AvgIpc) is 2.78. The molecule has 2 heteroatoms. The third kappa shape index (κ3) is 2.19. The molecule has 1 aromatic carbocycles. The van der Waals surface area contributed by atoms with Crippen LogP contribution in [-0.2, 0) is 6.42 Å². The van der Waals surface area contributed by atoms with Crippen LogP contribution < -0.4 is 5.73 Å². The highest BCUT2D eigenvalue weighted by Crippen LogP contribution is 2.37. The minimum absolute atomic E-state index is 0.612. The lowest BCUT2D eigenvalue weighted by Crippen LogP contribution is -2.38. The first-order chi connectivity index (χ1) is 8.90. The molecule has 2 N–H and O–H groups in total. The number of nitrogens with zero attached hydrogens (tertiary/aromatic N) is 1. The predicted octanol–water partition coefficient (Wildman–Crippen LogP) is 2.88. The second kappa shape index (κ2) is 5.41. The first-order valence-electron chi connectivity index (χ1n) is 7.44. The van der Waals surface area contributed by atoms with Gasteiger partial charge in [-0.2, -0.15) is 0 Å². The van der Waals surface area contributed by atoms with Gasteiger partial charge < -0.3 is 5.73 Å². The zero-order valence-electron chi connectivity index (χ0n) is 11.1. The normalized spacial score (nSPS) is 28.9. The van der Waals surface area contributed by atoms with Crippen molar-refractivity contribution in [2.24, 2.45) is 5.73 Å². The maximum absolute atomic E-state index is 5.95. The van der Waals surface area contributed by atoms with E-state index in [2.05, 4.69) is 29.2 Å². The Morgan fingerprint density at radius 2 is 2.00 bits per heavy atom. The molecule has 1 aliphatic heterocycles. The van der Waals surface area contributed by atoms with Crippen LogP contribution in [0.25, 0.3) is 0 Å². The Labute approximate surface area is 110 Å². The predicted molar refractivity (Wildman–Crippen MR) is 75.5 cm³/mol. The Morgan fingerprint density at radius 1 is 1.11 bits per heavy atom. The summed E-state index contributed by atoms with van der Waals surface area (Å²) in [7, 11) is 0. The summed E-state index contributed by atoms with van der Waals surface area (Å²) in [6, 6.07) is 10.3. The number of benzene rings is 1. The molecule has 0 amide bonds. The van der Waals surface area contributed by atoms with E-state index >= 15 is 0 Å². The smallest absolute Gasteiger partial charge is 0.0354 e. The van der Waals surface area contributed by atoms with E-state index in [1.165, 1.54) is 45.1 Å². The van der Waals surface area contributed by atoms with Crippen LogP contribution in [0.2, 0.25) is 0 Å². The van der Waals surface area contributed by atoms with Crippen molar-refractivity contribution < 1.29 is 0 Å². The van der Waals surface area contributed by atoms with Crippen molar-refractivity contribution >= 4 is 0 Å². The molecule has 1 aromatic rings. The molecule has 1 heterocycles. The number of likely N-dealkylation sites (tertiary alicyclic amines) is 1. The number of hydrogen-bond acceptors (Lipinski definition) is 2. The number of fused-ring (bicyclic) bond motifs is 1. The fourth-order valence-corrected chi connectivity index (χ4v) is 3.76. The maximum atomic E-state index is 5.95. The lowest BCUT2D eigenvalue weighted by Gasteiger charge is -2.33. The molecule has 3 rings (SSSR count). The summed E-state index contributed by atoms with van der Waals surface area (Å²) in [5.41, 5.74) is 9.10. The molecule has 0 bridgehead atoms. The second-order valence-electron chi connectivity index (χ2n) is 5.73. The summed E-state index contributed by atoms with van der Waals surface area (Å²) in [5.74, 6) is 0. The average molecular weight is 244 g/mol. The molecule has 2 nitrogen and oxygen atoms in total. The maximum Gasteiger partial charge on any atom is 0.0354 e. The van der Waals surface area contributed by atoms with Crippen LogP contribution in [0.3, 0.4) is 0 Å². The third-order valence-electron chi connectivity index (χ3n) is 4.68. The zero-order valence-corrected chi connectivity index (χ0v) is 11.1. The quantitative estimate of drug-likeness (QED) is 0.811. The van der Waals surface area contributed by atoms with Gasteiger partial charge in [0.15, 0.2) is 0 Å². The monoisotopic (exact) mass is 244 g/mol. The van der Waals surface area contributed by atoms with Crippen molar-refractivity contribution in [1.82, 2.24) is 4.90 Å². The number of nitrogens with two attached hydrogens (primary N) is 1. The molecule has 0 radical (unpaired) electrons. The van der Waals surface area contributed by atoms with Gasteiger partial charge in [-0.15, -0.1) is 0 Å². The van der Waals surface area contributed by atoms with Crippen LogP contribution >= 0.6 is 0 Å². The summed E-state index contributed by atoms with van der Waals surface area (Å²) in [6.45, 7) is 2.06. The van der Waals surface area contributed by atoms with Gasteiger partial charge >= 0.3 is 0 Å². The van der Waals surface area contributed by atoms with Crippen molar-refractivity contribution in [3.63, 3.8) is 0 Å². The van der Waals surface area contributed by atoms with E-state index in [9.17, 15) is 0 Å². The van der Waals surface area contributed by atoms with Crippen molar-refractivity contribution in [3.8, 4) is 0 Å². The first kappa shape index (κ1) is 12.2. The summed E-state index contributed by atoms with van der Waals surface area (Å²) in [4.78, 5) is 2.68. The lowest BCUT2D eigenvalue weighted by molar-refractivity contribution is 0.174. The van der Waals surface area contributed by atoms with Gasteiger partial charge in [-0.3, -0.25) is 4.90 Å². The Kier molecular flexibility index (Phi) is 3.67. The Bertz CT molecular complexity index is 402. The van der Waals surface area contributed by atoms with Crippen molar-refractivity contribution in [3.05, 3.63) is 35.4 Å². The van der Waals surface area contributed by atoms with E-state index in [4.69, 9.17) is 5.73 Å². The van der Waals surface area contributed by atoms with E-state index in [1.54, 1.807) is 11.1 Å². The SMILES string of the molecule is NCC1CCCN1C1CCCCc2ccccc21. The van der Waals surface area contributed by atoms with Crippen molar-refractivity contribution in [2.45, 2.75) is 50.6 Å². The third-order valence-corrected chi connectivity index (χ3v) is 4.68. The van der Waals surface area contributed by atoms with Crippen LogP contribution in [0.15, 0.2) is 24.3 Å². The van der Waals surface area contributed by atoms with Crippen LogP contribution in [0.1, 0.15) is 49.3 Å². The van der Waals surface area contributed by atoms with Gasteiger partial charge in [0, 0.05) is 18.6 Å². The molecule has 98 valence electrons. The van der Waals surface area contributed by atoms with Gasteiger partial charge in [-0.05, 0) is 49.8 Å². The first-order valence-corrected chi connectivity index (χ1v) is 7.44. The minimum Gasteiger partial charge on any atom is -0.329 e. The molecule has 0 aromatic heterocycles. The number of hydrogen-bond donors (Lipinski definition) is 1. The van der Waals surface area contributed by atoms with E-state index < -0.39 is 0 Å². The molecule has 2 atom stereocenters. The van der Waals surface area contributed by atoms with Gasteiger partial charge in [0.1, 0.15) is 0 Å². The van der Waals surface area contributed by atoms with Crippen LogP contribution in [0.5, 0.6) is 0 Å². The van der Waals surface area contributed by atoms with Crippen molar-refractivity contribution in [1.29, 1.82) is 0 Å². The molecular weight excluding hydrogens is 220 g/mol. The summed E-state index contributed by atoms with van der Waals surface area (Å²) >= 11 is 0. The number of aryl methyl sites for hydroxylation is 1. The van der Waals surface area contributed by atoms with Crippen LogP contribution in [0.4, 0.5) is 0 Å². The lowest BCUT2D eigenvalue weighted by atomic mass is 9.97. The largest absolute Gasteiger partial charge is 0.329 e. The fourth-order valence-electron chi connectivity index (χ4n) is 3.76. The fraction of sp³-hybridized carbons (Fsp3) is 0.625. The van der Waals surface area contributed by atoms with Crippen LogP contribution in [-0.4, -0.2) is 24.0 Å².